The predicted molar refractivity (Wildman–Crippen MR) is 89.5 cm³/mol. The average molecular weight is 305 g/mol. The second kappa shape index (κ2) is 7.00. The fourth-order valence-corrected chi connectivity index (χ4v) is 2.76. The molecule has 2 rings (SSSR count). The molecule has 0 saturated carbocycles. The van der Waals surface area contributed by atoms with Crippen LogP contribution in [0, 0.1) is 5.92 Å². The second-order valence-electron chi connectivity index (χ2n) is 5.90. The van der Waals surface area contributed by atoms with E-state index in [0.717, 1.165) is 31.6 Å². The van der Waals surface area contributed by atoms with Gasteiger partial charge in [-0.1, -0.05) is 24.4 Å². The summed E-state index contributed by atoms with van der Waals surface area (Å²) in [5.41, 5.74) is 6.97. The molecule has 5 heteroatoms. The summed E-state index contributed by atoms with van der Waals surface area (Å²) in [6, 6.07) is 7.68. The van der Waals surface area contributed by atoms with Gasteiger partial charge in [0, 0.05) is 30.3 Å². The van der Waals surface area contributed by atoms with Crippen LogP contribution < -0.4 is 11.1 Å². The van der Waals surface area contributed by atoms with Crippen LogP contribution in [0.2, 0.25) is 0 Å². The maximum atomic E-state index is 12.1. The molecule has 1 fully saturated rings. The van der Waals surface area contributed by atoms with E-state index in [1.54, 1.807) is 24.3 Å². The summed E-state index contributed by atoms with van der Waals surface area (Å²) < 4.78 is 0. The largest absolute Gasteiger partial charge is 0.389 e. The van der Waals surface area contributed by atoms with Crippen LogP contribution in [-0.2, 0) is 0 Å². The zero-order valence-electron chi connectivity index (χ0n) is 12.6. The van der Waals surface area contributed by atoms with Crippen LogP contribution in [0.1, 0.15) is 36.2 Å². The van der Waals surface area contributed by atoms with Gasteiger partial charge in [-0.3, -0.25) is 4.79 Å². The molecule has 114 valence electrons. The lowest BCUT2D eigenvalue weighted by Gasteiger charge is -2.20. The molecule has 0 aromatic heterocycles. The molecule has 21 heavy (non-hydrogen) atoms. The number of hydrogen-bond donors (Lipinski definition) is 2. The Morgan fingerprint density at radius 1 is 1.38 bits per heavy atom. The summed E-state index contributed by atoms with van der Waals surface area (Å²) in [5, 5.41) is 3.02. The Hall–Kier alpha value is -1.46. The van der Waals surface area contributed by atoms with Crippen molar-refractivity contribution in [2.45, 2.75) is 26.3 Å². The summed E-state index contributed by atoms with van der Waals surface area (Å²) in [6.07, 6.45) is 1.15. The lowest BCUT2D eigenvalue weighted by Crippen LogP contribution is -2.33. The van der Waals surface area contributed by atoms with E-state index in [1.165, 1.54) is 0 Å². The molecule has 1 aromatic rings. The molecule has 1 unspecified atom stereocenters. The molecule has 1 heterocycles. The van der Waals surface area contributed by atoms with Crippen molar-refractivity contribution >= 4 is 23.1 Å². The van der Waals surface area contributed by atoms with Gasteiger partial charge in [-0.15, -0.1) is 0 Å². The van der Waals surface area contributed by atoms with E-state index in [4.69, 9.17) is 18.0 Å². The molecule has 3 N–H and O–H groups in total. The smallest absolute Gasteiger partial charge is 0.251 e. The molecule has 1 atom stereocenters. The summed E-state index contributed by atoms with van der Waals surface area (Å²) in [6.45, 7) is 7.35. The maximum absolute atomic E-state index is 12.1. The molecule has 1 saturated heterocycles. The number of rotatable bonds is 5. The van der Waals surface area contributed by atoms with Crippen LogP contribution >= 0.6 is 12.2 Å². The Morgan fingerprint density at radius 2 is 2.00 bits per heavy atom. The molecular weight excluding hydrogens is 282 g/mol. The molecule has 1 aromatic carbocycles. The third-order valence-corrected chi connectivity index (χ3v) is 4.27. The first-order valence-corrected chi connectivity index (χ1v) is 7.80. The Bertz CT molecular complexity index is 513. The summed E-state index contributed by atoms with van der Waals surface area (Å²) >= 11 is 4.90. The number of nitrogens with two attached hydrogens (primary N) is 1. The van der Waals surface area contributed by atoms with Crippen molar-refractivity contribution in [3.8, 4) is 0 Å². The minimum atomic E-state index is -0.0347. The van der Waals surface area contributed by atoms with Crippen LogP contribution in [0.3, 0.4) is 0 Å². The number of nitrogens with zero attached hydrogens (tertiary/aromatic N) is 1. The molecule has 0 bridgehead atoms. The monoisotopic (exact) mass is 305 g/mol. The SMILES string of the molecule is CC(C)N1CCC(CNC(=O)c2ccc(C(N)=S)cc2)C1. The summed E-state index contributed by atoms with van der Waals surface area (Å²) in [5.74, 6) is 0.514. The molecule has 0 radical (unpaired) electrons. The number of likely N-dealkylation sites (tertiary alicyclic amines) is 1. The number of nitrogens with one attached hydrogen (secondary N) is 1. The molecule has 0 spiro atoms. The molecule has 0 aliphatic carbocycles. The van der Waals surface area contributed by atoms with Crippen molar-refractivity contribution < 1.29 is 4.79 Å². The molecule has 1 amide bonds. The van der Waals surface area contributed by atoms with E-state index >= 15 is 0 Å². The topological polar surface area (TPSA) is 58.4 Å². The Kier molecular flexibility index (Phi) is 5.31. The Morgan fingerprint density at radius 3 is 2.52 bits per heavy atom. The third-order valence-electron chi connectivity index (χ3n) is 4.03. The average Bonchev–Trinajstić information content (AvgIpc) is 2.94. The highest BCUT2D eigenvalue weighted by atomic mass is 32.1. The van der Waals surface area contributed by atoms with E-state index in [1.807, 2.05) is 0 Å². The van der Waals surface area contributed by atoms with Crippen LogP contribution in [-0.4, -0.2) is 41.5 Å². The highest BCUT2D eigenvalue weighted by Crippen LogP contribution is 2.17. The van der Waals surface area contributed by atoms with Gasteiger partial charge in [0.1, 0.15) is 4.99 Å². The molecule has 1 aliphatic heterocycles. The highest BCUT2D eigenvalue weighted by molar-refractivity contribution is 7.80. The van der Waals surface area contributed by atoms with Crippen LogP contribution in [0.15, 0.2) is 24.3 Å². The lowest BCUT2D eigenvalue weighted by molar-refractivity contribution is 0.0947. The number of thiocarbonyl (C=S) groups is 1. The highest BCUT2D eigenvalue weighted by Gasteiger charge is 2.24. The van der Waals surface area contributed by atoms with Crippen LogP contribution in [0.5, 0.6) is 0 Å². The van der Waals surface area contributed by atoms with E-state index in [9.17, 15) is 4.79 Å². The minimum absolute atomic E-state index is 0.0347. The van der Waals surface area contributed by atoms with E-state index in [0.29, 0.717) is 22.5 Å². The number of benzene rings is 1. The third kappa shape index (κ3) is 4.25. The standard InChI is InChI=1S/C16H23N3OS/c1-11(2)19-8-7-12(10-19)9-18-16(20)14-5-3-13(4-6-14)15(17)21/h3-6,11-12H,7-10H2,1-2H3,(H2,17,21)(H,18,20). The van der Waals surface area contributed by atoms with E-state index < -0.39 is 0 Å². The summed E-state index contributed by atoms with van der Waals surface area (Å²) in [4.78, 5) is 14.9. The Balaban J connectivity index is 1.83. The van der Waals surface area contributed by atoms with Crippen molar-refractivity contribution in [3.05, 3.63) is 35.4 Å². The van der Waals surface area contributed by atoms with E-state index in [2.05, 4.69) is 24.1 Å². The van der Waals surface area contributed by atoms with Crippen molar-refractivity contribution in [1.29, 1.82) is 0 Å². The molecule has 1 aliphatic rings. The van der Waals surface area contributed by atoms with Crippen molar-refractivity contribution in [2.24, 2.45) is 11.7 Å². The van der Waals surface area contributed by atoms with Gasteiger partial charge in [0.2, 0.25) is 0 Å². The zero-order valence-corrected chi connectivity index (χ0v) is 13.5. The van der Waals surface area contributed by atoms with Crippen molar-refractivity contribution in [3.63, 3.8) is 0 Å². The number of hydrogen-bond acceptors (Lipinski definition) is 3. The molecular formula is C16H23N3OS. The normalized spacial score (nSPS) is 18.9. The first-order valence-electron chi connectivity index (χ1n) is 7.39. The van der Waals surface area contributed by atoms with Gasteiger partial charge in [-0.05, 0) is 44.9 Å². The number of amides is 1. The number of carbonyl (C=O) groups excluding carboxylic acids is 1. The van der Waals surface area contributed by atoms with Crippen LogP contribution in [0.4, 0.5) is 0 Å². The lowest BCUT2D eigenvalue weighted by atomic mass is 10.1. The van der Waals surface area contributed by atoms with Gasteiger partial charge in [-0.25, -0.2) is 0 Å². The van der Waals surface area contributed by atoms with Crippen molar-refractivity contribution in [2.75, 3.05) is 19.6 Å². The van der Waals surface area contributed by atoms with E-state index in [-0.39, 0.29) is 5.91 Å². The van der Waals surface area contributed by atoms with Gasteiger partial charge in [0.25, 0.3) is 5.91 Å². The van der Waals surface area contributed by atoms with Gasteiger partial charge >= 0.3 is 0 Å². The minimum Gasteiger partial charge on any atom is -0.389 e. The fraction of sp³-hybridized carbons (Fsp3) is 0.500. The van der Waals surface area contributed by atoms with Gasteiger partial charge in [0.15, 0.2) is 0 Å². The second-order valence-corrected chi connectivity index (χ2v) is 6.33. The van der Waals surface area contributed by atoms with Gasteiger partial charge in [0.05, 0.1) is 0 Å². The molecule has 4 nitrogen and oxygen atoms in total. The van der Waals surface area contributed by atoms with Crippen molar-refractivity contribution in [1.82, 2.24) is 10.2 Å². The maximum Gasteiger partial charge on any atom is 0.251 e. The predicted octanol–water partition coefficient (Wildman–Crippen LogP) is 1.78. The quantitative estimate of drug-likeness (QED) is 0.814. The van der Waals surface area contributed by atoms with Gasteiger partial charge in [-0.2, -0.15) is 0 Å². The Labute approximate surface area is 131 Å². The fourth-order valence-electron chi connectivity index (χ4n) is 2.62. The van der Waals surface area contributed by atoms with Gasteiger partial charge < -0.3 is 16.0 Å². The first-order chi connectivity index (χ1) is 9.97. The first kappa shape index (κ1) is 15.9. The zero-order chi connectivity index (χ0) is 15.4. The van der Waals surface area contributed by atoms with Crippen LogP contribution in [0.25, 0.3) is 0 Å². The number of carbonyl (C=O) groups is 1. The summed E-state index contributed by atoms with van der Waals surface area (Å²) in [7, 11) is 0.